The van der Waals surface area contributed by atoms with Gasteiger partial charge in [0, 0.05) is 35.8 Å². The molecule has 0 bridgehead atoms. The minimum absolute atomic E-state index is 0.123. The first-order valence-electron chi connectivity index (χ1n) is 13.7. The van der Waals surface area contributed by atoms with Crippen LogP contribution in [0.5, 0.6) is 0 Å². The Balaban J connectivity index is 1.06. The minimum atomic E-state index is -0.392. The number of rotatable bonds is 11. The van der Waals surface area contributed by atoms with Gasteiger partial charge in [-0.2, -0.15) is 0 Å². The third kappa shape index (κ3) is 7.03. The van der Waals surface area contributed by atoms with Crippen molar-refractivity contribution >= 4 is 28.4 Å². The predicted molar refractivity (Wildman–Crippen MR) is 156 cm³/mol. The highest BCUT2D eigenvalue weighted by molar-refractivity contribution is 5.98. The van der Waals surface area contributed by atoms with Gasteiger partial charge in [0.1, 0.15) is 6.61 Å². The number of unbranched alkanes of at least 4 members (excludes halogenated alkanes) is 1. The summed E-state index contributed by atoms with van der Waals surface area (Å²) in [7, 11) is 0. The number of aromatic amines is 1. The summed E-state index contributed by atoms with van der Waals surface area (Å²) < 4.78 is 5.25. The second kappa shape index (κ2) is 13.1. The summed E-state index contributed by atoms with van der Waals surface area (Å²) in [5, 5.41) is 3.94. The van der Waals surface area contributed by atoms with E-state index in [2.05, 4.69) is 57.8 Å². The van der Waals surface area contributed by atoms with Crippen LogP contribution in [0.3, 0.4) is 0 Å². The quantitative estimate of drug-likeness (QED) is 0.191. The maximum absolute atomic E-state index is 12.7. The summed E-state index contributed by atoms with van der Waals surface area (Å²) in [5.41, 5.74) is 6.18. The van der Waals surface area contributed by atoms with Crippen molar-refractivity contribution in [2.75, 3.05) is 32.8 Å². The fourth-order valence-electron chi connectivity index (χ4n) is 5.07. The molecule has 1 aliphatic rings. The van der Waals surface area contributed by atoms with Crippen molar-refractivity contribution < 1.29 is 14.3 Å². The Labute approximate surface area is 229 Å². The second-order valence-electron chi connectivity index (χ2n) is 9.94. The fraction of sp³-hybridized carbons (Fsp3) is 0.273. The number of aryl methyl sites for hydroxylation is 1. The van der Waals surface area contributed by atoms with E-state index in [0.29, 0.717) is 11.1 Å². The molecule has 39 heavy (non-hydrogen) atoms. The van der Waals surface area contributed by atoms with Crippen LogP contribution < -0.4 is 5.32 Å². The van der Waals surface area contributed by atoms with Crippen LogP contribution in [0.4, 0.5) is 0 Å². The predicted octanol–water partition coefficient (Wildman–Crippen LogP) is 5.87. The molecule has 1 amide bonds. The molecule has 0 saturated carbocycles. The van der Waals surface area contributed by atoms with Crippen LogP contribution in [0.2, 0.25) is 0 Å². The molecule has 0 atom stereocenters. The van der Waals surface area contributed by atoms with Gasteiger partial charge in [-0.15, -0.1) is 0 Å². The first-order chi connectivity index (χ1) is 19.2. The SMILES string of the molecule is O=C(NCCOC(=O)c1ccccc1)c1ccc2[nH]cc(CCCCN3CC=C(c4ccccc4)CC3)c2c1. The zero-order valence-corrected chi connectivity index (χ0v) is 22.2. The lowest BCUT2D eigenvalue weighted by molar-refractivity contribution is 0.0503. The van der Waals surface area contributed by atoms with Gasteiger partial charge in [-0.3, -0.25) is 9.69 Å². The van der Waals surface area contributed by atoms with Gasteiger partial charge < -0.3 is 15.0 Å². The van der Waals surface area contributed by atoms with E-state index in [0.717, 1.165) is 56.2 Å². The lowest BCUT2D eigenvalue weighted by Gasteiger charge is -2.26. The number of nitrogens with one attached hydrogen (secondary N) is 2. The molecule has 4 aromatic rings. The van der Waals surface area contributed by atoms with Gasteiger partial charge in [0.25, 0.3) is 5.91 Å². The van der Waals surface area contributed by atoms with Gasteiger partial charge in [0.05, 0.1) is 12.1 Å². The first-order valence-corrected chi connectivity index (χ1v) is 13.7. The topological polar surface area (TPSA) is 74.4 Å². The molecule has 6 nitrogen and oxygen atoms in total. The molecule has 2 N–H and O–H groups in total. The highest BCUT2D eigenvalue weighted by atomic mass is 16.5. The summed E-state index contributed by atoms with van der Waals surface area (Å²) in [5.74, 6) is -0.565. The Kier molecular flexibility index (Phi) is 8.86. The molecule has 2 heterocycles. The number of fused-ring (bicyclic) bond motifs is 1. The van der Waals surface area contributed by atoms with Crippen molar-refractivity contribution in [1.82, 2.24) is 15.2 Å². The molecule has 0 radical (unpaired) electrons. The van der Waals surface area contributed by atoms with Crippen molar-refractivity contribution in [2.45, 2.75) is 25.7 Å². The summed E-state index contributed by atoms with van der Waals surface area (Å²) in [4.78, 5) is 30.6. The summed E-state index contributed by atoms with van der Waals surface area (Å²) in [6, 6.07) is 25.2. The number of nitrogens with zero attached hydrogens (tertiary/aromatic N) is 1. The van der Waals surface area contributed by atoms with Gasteiger partial charge in [0.2, 0.25) is 0 Å². The number of ether oxygens (including phenoxy) is 1. The average Bonchev–Trinajstić information content (AvgIpc) is 3.40. The highest BCUT2D eigenvalue weighted by Gasteiger charge is 2.14. The average molecular weight is 522 g/mol. The summed E-state index contributed by atoms with van der Waals surface area (Å²) in [6.07, 6.45) is 8.75. The van der Waals surface area contributed by atoms with Crippen molar-refractivity contribution in [1.29, 1.82) is 0 Å². The molecule has 0 saturated heterocycles. The summed E-state index contributed by atoms with van der Waals surface area (Å²) in [6.45, 7) is 3.61. The fourth-order valence-corrected chi connectivity index (χ4v) is 5.07. The Morgan fingerprint density at radius 2 is 1.72 bits per heavy atom. The molecule has 5 rings (SSSR count). The number of hydrogen-bond donors (Lipinski definition) is 2. The van der Waals surface area contributed by atoms with Crippen LogP contribution in [-0.2, 0) is 11.2 Å². The van der Waals surface area contributed by atoms with Crippen LogP contribution >= 0.6 is 0 Å². The Morgan fingerprint density at radius 1 is 0.923 bits per heavy atom. The zero-order chi connectivity index (χ0) is 26.9. The number of benzene rings is 3. The number of amides is 1. The van der Waals surface area contributed by atoms with Crippen molar-refractivity contribution in [2.24, 2.45) is 0 Å². The Bertz CT molecular complexity index is 1430. The van der Waals surface area contributed by atoms with Crippen LogP contribution in [0.15, 0.2) is 91.1 Å². The lowest BCUT2D eigenvalue weighted by atomic mass is 9.99. The van der Waals surface area contributed by atoms with Crippen LogP contribution in [-0.4, -0.2) is 54.5 Å². The molecule has 200 valence electrons. The molecule has 1 aromatic heterocycles. The van der Waals surface area contributed by atoms with E-state index in [1.807, 2.05) is 24.3 Å². The van der Waals surface area contributed by atoms with Crippen molar-refractivity contribution in [3.63, 3.8) is 0 Å². The van der Waals surface area contributed by atoms with Crippen LogP contribution in [0.25, 0.3) is 16.5 Å². The number of carbonyl (C=O) groups is 2. The van der Waals surface area contributed by atoms with Crippen molar-refractivity contribution in [3.05, 3.63) is 113 Å². The second-order valence-corrected chi connectivity index (χ2v) is 9.94. The van der Waals surface area contributed by atoms with Gasteiger partial charge >= 0.3 is 5.97 Å². The van der Waals surface area contributed by atoms with Crippen molar-refractivity contribution in [3.8, 4) is 0 Å². The Morgan fingerprint density at radius 3 is 2.49 bits per heavy atom. The van der Waals surface area contributed by atoms with E-state index in [4.69, 9.17) is 4.74 Å². The van der Waals surface area contributed by atoms with E-state index in [9.17, 15) is 9.59 Å². The molecular formula is C33H35N3O3. The number of H-pyrrole nitrogens is 1. The number of esters is 1. The number of aromatic nitrogens is 1. The minimum Gasteiger partial charge on any atom is -0.460 e. The third-order valence-corrected chi connectivity index (χ3v) is 7.27. The normalized spacial score (nSPS) is 13.7. The van der Waals surface area contributed by atoms with E-state index >= 15 is 0 Å². The van der Waals surface area contributed by atoms with Gasteiger partial charge in [0.15, 0.2) is 0 Å². The number of carbonyl (C=O) groups excluding carboxylic acids is 2. The Hall–Kier alpha value is -4.16. The zero-order valence-electron chi connectivity index (χ0n) is 22.2. The lowest BCUT2D eigenvalue weighted by Crippen LogP contribution is -2.29. The van der Waals surface area contributed by atoms with Gasteiger partial charge in [-0.1, -0.05) is 54.6 Å². The van der Waals surface area contributed by atoms with Crippen LogP contribution in [0, 0.1) is 0 Å². The maximum atomic E-state index is 12.7. The third-order valence-electron chi connectivity index (χ3n) is 7.27. The molecule has 6 heteroatoms. The van der Waals surface area contributed by atoms with E-state index in [-0.39, 0.29) is 19.1 Å². The molecule has 0 fully saturated rings. The van der Waals surface area contributed by atoms with E-state index in [1.54, 1.807) is 24.3 Å². The maximum Gasteiger partial charge on any atom is 0.338 e. The first kappa shape index (κ1) is 26.4. The van der Waals surface area contributed by atoms with E-state index in [1.165, 1.54) is 16.7 Å². The standard InChI is InChI=1S/C33H35N3O3/c37-32(34-18-22-39-33(38)27-11-5-2-6-12-27)28-14-15-31-30(23-28)29(24-35-31)13-7-8-19-36-20-16-26(17-21-36)25-9-3-1-4-10-25/h1-6,9-12,14-16,23-24,35H,7-8,13,17-22H2,(H,34,37). The molecule has 1 aliphatic heterocycles. The molecular weight excluding hydrogens is 486 g/mol. The molecule has 0 aliphatic carbocycles. The van der Waals surface area contributed by atoms with E-state index < -0.39 is 5.97 Å². The van der Waals surface area contributed by atoms with Crippen LogP contribution in [0.1, 0.15) is 51.1 Å². The number of hydrogen-bond acceptors (Lipinski definition) is 4. The monoisotopic (exact) mass is 521 g/mol. The summed E-state index contributed by atoms with van der Waals surface area (Å²) >= 11 is 0. The highest BCUT2D eigenvalue weighted by Crippen LogP contribution is 2.24. The molecule has 0 unspecified atom stereocenters. The van der Waals surface area contributed by atoms with Gasteiger partial charge in [-0.25, -0.2) is 4.79 Å². The molecule has 3 aromatic carbocycles. The largest absolute Gasteiger partial charge is 0.460 e. The molecule has 0 spiro atoms. The smallest absolute Gasteiger partial charge is 0.338 e. The van der Waals surface area contributed by atoms with Gasteiger partial charge in [-0.05, 0) is 79.3 Å².